The normalized spacial score (nSPS) is 15.7. The van der Waals surface area contributed by atoms with Gasteiger partial charge >= 0.3 is 6.03 Å². The van der Waals surface area contributed by atoms with E-state index in [1.807, 2.05) is 42.2 Å². The van der Waals surface area contributed by atoms with Gasteiger partial charge in [0, 0.05) is 19.2 Å². The maximum absolute atomic E-state index is 12.4. The highest BCUT2D eigenvalue weighted by molar-refractivity contribution is 5.75. The minimum atomic E-state index is -0.0244. The van der Waals surface area contributed by atoms with Crippen LogP contribution in [-0.4, -0.2) is 35.2 Å². The number of hydrogen-bond acceptors (Lipinski definition) is 2. The lowest BCUT2D eigenvalue weighted by Crippen LogP contribution is -2.42. The lowest BCUT2D eigenvalue weighted by molar-refractivity contribution is 0.191. The molecule has 0 aliphatic heterocycles. The molecule has 20 heavy (non-hydrogen) atoms. The van der Waals surface area contributed by atoms with Crippen LogP contribution < -0.4 is 5.32 Å². The summed E-state index contributed by atoms with van der Waals surface area (Å²) in [5, 5.41) is 12.1. The van der Waals surface area contributed by atoms with Gasteiger partial charge in [0.1, 0.15) is 0 Å². The maximum Gasteiger partial charge on any atom is 0.318 e. The zero-order chi connectivity index (χ0) is 14.4. The summed E-state index contributed by atoms with van der Waals surface area (Å²) in [7, 11) is 0. The molecular weight excluding hydrogens is 252 g/mol. The SMILES string of the molecule is CCN(C(=O)NC(CCCO)c1ccccc1)C1CC1. The number of benzene rings is 1. The van der Waals surface area contributed by atoms with Crippen LogP contribution in [0, 0.1) is 0 Å². The van der Waals surface area contributed by atoms with E-state index in [1.54, 1.807) is 0 Å². The fraction of sp³-hybridized carbons (Fsp3) is 0.562. The van der Waals surface area contributed by atoms with Gasteiger partial charge in [-0.25, -0.2) is 4.79 Å². The number of amides is 2. The van der Waals surface area contributed by atoms with Crippen molar-refractivity contribution in [2.45, 2.75) is 44.7 Å². The summed E-state index contributed by atoms with van der Waals surface area (Å²) >= 11 is 0. The molecule has 0 aromatic heterocycles. The zero-order valence-corrected chi connectivity index (χ0v) is 12.1. The quantitative estimate of drug-likeness (QED) is 0.804. The molecule has 0 radical (unpaired) electrons. The van der Waals surface area contributed by atoms with Gasteiger partial charge in [0.25, 0.3) is 0 Å². The molecule has 1 unspecified atom stereocenters. The standard InChI is InChI=1S/C16H24N2O2/c1-2-18(14-10-11-14)16(20)17-15(9-6-12-19)13-7-4-3-5-8-13/h3-5,7-8,14-15,19H,2,6,9-12H2,1H3,(H,17,20). The Labute approximate surface area is 120 Å². The van der Waals surface area contributed by atoms with Crippen LogP contribution >= 0.6 is 0 Å². The molecule has 1 fully saturated rings. The Morgan fingerprint density at radius 3 is 2.65 bits per heavy atom. The summed E-state index contributed by atoms with van der Waals surface area (Å²) in [6, 6.07) is 10.4. The van der Waals surface area contributed by atoms with Gasteiger partial charge in [-0.2, -0.15) is 0 Å². The highest BCUT2D eigenvalue weighted by Crippen LogP contribution is 2.27. The lowest BCUT2D eigenvalue weighted by Gasteiger charge is -2.26. The first-order chi connectivity index (χ1) is 9.76. The number of carbonyl (C=O) groups is 1. The van der Waals surface area contributed by atoms with E-state index in [-0.39, 0.29) is 18.7 Å². The van der Waals surface area contributed by atoms with Crippen molar-refractivity contribution in [2.75, 3.05) is 13.2 Å². The van der Waals surface area contributed by atoms with Crippen LogP contribution in [0.4, 0.5) is 4.79 Å². The summed E-state index contributed by atoms with van der Waals surface area (Å²) in [4.78, 5) is 14.3. The Morgan fingerprint density at radius 1 is 1.40 bits per heavy atom. The minimum absolute atomic E-state index is 0.0155. The van der Waals surface area contributed by atoms with E-state index in [4.69, 9.17) is 5.11 Å². The summed E-state index contributed by atoms with van der Waals surface area (Å²) in [6.07, 6.45) is 3.69. The second-order valence-corrected chi connectivity index (χ2v) is 5.30. The third kappa shape index (κ3) is 3.97. The summed E-state index contributed by atoms with van der Waals surface area (Å²) < 4.78 is 0. The molecule has 1 aliphatic carbocycles. The number of hydrogen-bond donors (Lipinski definition) is 2. The molecule has 2 rings (SSSR count). The minimum Gasteiger partial charge on any atom is -0.396 e. The van der Waals surface area contributed by atoms with Crippen LogP contribution in [0.25, 0.3) is 0 Å². The van der Waals surface area contributed by atoms with E-state index >= 15 is 0 Å². The van der Waals surface area contributed by atoms with Gasteiger partial charge in [-0.05, 0) is 38.2 Å². The average Bonchev–Trinajstić information content (AvgIpc) is 3.30. The van der Waals surface area contributed by atoms with Gasteiger partial charge in [-0.15, -0.1) is 0 Å². The Hall–Kier alpha value is -1.55. The maximum atomic E-state index is 12.4. The Bertz CT molecular complexity index is 418. The molecule has 2 amide bonds. The van der Waals surface area contributed by atoms with E-state index in [1.165, 1.54) is 0 Å². The number of aliphatic hydroxyl groups excluding tert-OH is 1. The molecule has 1 saturated carbocycles. The summed E-state index contributed by atoms with van der Waals surface area (Å²) in [5.41, 5.74) is 1.10. The van der Waals surface area contributed by atoms with Crippen LogP contribution in [0.3, 0.4) is 0 Å². The van der Waals surface area contributed by atoms with Crippen molar-refractivity contribution in [1.29, 1.82) is 0 Å². The zero-order valence-electron chi connectivity index (χ0n) is 12.1. The van der Waals surface area contributed by atoms with Crippen molar-refractivity contribution in [3.63, 3.8) is 0 Å². The first-order valence-corrected chi connectivity index (χ1v) is 7.49. The molecule has 1 aromatic rings. The number of rotatable bonds is 7. The third-order valence-corrected chi connectivity index (χ3v) is 3.74. The van der Waals surface area contributed by atoms with Crippen molar-refractivity contribution >= 4 is 6.03 Å². The second kappa shape index (κ2) is 7.29. The number of carbonyl (C=O) groups excluding carboxylic acids is 1. The molecule has 110 valence electrons. The Balaban J connectivity index is 2.01. The second-order valence-electron chi connectivity index (χ2n) is 5.30. The monoisotopic (exact) mass is 276 g/mol. The average molecular weight is 276 g/mol. The highest BCUT2D eigenvalue weighted by atomic mass is 16.3. The topological polar surface area (TPSA) is 52.6 Å². The molecule has 4 heteroatoms. The number of aliphatic hydroxyl groups is 1. The number of nitrogens with zero attached hydrogens (tertiary/aromatic N) is 1. The molecule has 4 nitrogen and oxygen atoms in total. The van der Waals surface area contributed by atoms with Gasteiger partial charge < -0.3 is 15.3 Å². The van der Waals surface area contributed by atoms with E-state index in [9.17, 15) is 4.79 Å². The van der Waals surface area contributed by atoms with Crippen molar-refractivity contribution in [1.82, 2.24) is 10.2 Å². The molecule has 1 aliphatic rings. The van der Waals surface area contributed by atoms with Crippen LogP contribution in [-0.2, 0) is 0 Å². The smallest absolute Gasteiger partial charge is 0.318 e. The van der Waals surface area contributed by atoms with Gasteiger partial charge in [0.05, 0.1) is 6.04 Å². The summed E-state index contributed by atoms with van der Waals surface area (Å²) in [6.45, 7) is 2.92. The van der Waals surface area contributed by atoms with E-state index in [0.29, 0.717) is 12.5 Å². The number of nitrogens with one attached hydrogen (secondary N) is 1. The first kappa shape index (κ1) is 14.9. The Kier molecular flexibility index (Phi) is 5.41. The molecule has 2 N–H and O–H groups in total. The van der Waals surface area contributed by atoms with Crippen molar-refractivity contribution in [3.05, 3.63) is 35.9 Å². The van der Waals surface area contributed by atoms with E-state index in [2.05, 4.69) is 5.32 Å². The number of urea groups is 1. The van der Waals surface area contributed by atoms with Crippen LogP contribution in [0.15, 0.2) is 30.3 Å². The Morgan fingerprint density at radius 2 is 2.10 bits per heavy atom. The molecule has 0 spiro atoms. The van der Waals surface area contributed by atoms with Gasteiger partial charge in [-0.3, -0.25) is 0 Å². The van der Waals surface area contributed by atoms with Crippen LogP contribution in [0.1, 0.15) is 44.2 Å². The lowest BCUT2D eigenvalue weighted by atomic mass is 10.0. The van der Waals surface area contributed by atoms with E-state index < -0.39 is 0 Å². The molecule has 0 saturated heterocycles. The van der Waals surface area contributed by atoms with Gasteiger partial charge in [0.2, 0.25) is 0 Å². The highest BCUT2D eigenvalue weighted by Gasteiger charge is 2.32. The predicted octanol–water partition coefficient (Wildman–Crippen LogP) is 2.69. The largest absolute Gasteiger partial charge is 0.396 e. The van der Waals surface area contributed by atoms with Gasteiger partial charge in [-0.1, -0.05) is 30.3 Å². The summed E-state index contributed by atoms with van der Waals surface area (Å²) in [5.74, 6) is 0. The van der Waals surface area contributed by atoms with Crippen LogP contribution in [0.2, 0.25) is 0 Å². The molecular formula is C16H24N2O2. The van der Waals surface area contributed by atoms with Crippen molar-refractivity contribution < 1.29 is 9.90 Å². The predicted molar refractivity (Wildman–Crippen MR) is 79.4 cm³/mol. The van der Waals surface area contributed by atoms with E-state index in [0.717, 1.165) is 31.4 Å². The molecule has 1 atom stereocenters. The molecule has 0 heterocycles. The van der Waals surface area contributed by atoms with Gasteiger partial charge in [0.15, 0.2) is 0 Å². The molecule has 0 bridgehead atoms. The fourth-order valence-electron chi connectivity index (χ4n) is 2.49. The first-order valence-electron chi connectivity index (χ1n) is 7.49. The fourth-order valence-corrected chi connectivity index (χ4v) is 2.49. The van der Waals surface area contributed by atoms with Crippen molar-refractivity contribution in [2.24, 2.45) is 0 Å². The molecule has 1 aromatic carbocycles. The third-order valence-electron chi connectivity index (χ3n) is 3.74. The van der Waals surface area contributed by atoms with Crippen LogP contribution in [0.5, 0.6) is 0 Å². The van der Waals surface area contributed by atoms with Crippen molar-refractivity contribution in [3.8, 4) is 0 Å².